The van der Waals surface area contributed by atoms with Crippen LogP contribution >= 0.6 is 0 Å². The van der Waals surface area contributed by atoms with Crippen molar-refractivity contribution in [3.05, 3.63) is 65.7 Å². The van der Waals surface area contributed by atoms with E-state index < -0.39 is 0 Å². The average molecular weight is 394 g/mol. The van der Waals surface area contributed by atoms with Crippen LogP contribution in [0.25, 0.3) is 11.3 Å². The van der Waals surface area contributed by atoms with Gasteiger partial charge >= 0.3 is 0 Å². The van der Waals surface area contributed by atoms with Crippen molar-refractivity contribution in [1.82, 2.24) is 20.3 Å². The average Bonchev–Trinajstić information content (AvgIpc) is 3.42. The molecule has 1 aliphatic rings. The van der Waals surface area contributed by atoms with Gasteiger partial charge in [0, 0.05) is 44.4 Å². The molecule has 0 spiro atoms. The van der Waals surface area contributed by atoms with Gasteiger partial charge in [0.15, 0.2) is 11.5 Å². The predicted molar refractivity (Wildman–Crippen MR) is 110 cm³/mol. The summed E-state index contributed by atoms with van der Waals surface area (Å²) in [6, 6.07) is 13.4. The molecule has 0 saturated carbocycles. The van der Waals surface area contributed by atoms with E-state index in [1.165, 1.54) is 5.56 Å². The molecule has 3 aromatic rings. The van der Waals surface area contributed by atoms with E-state index in [1.807, 2.05) is 43.3 Å². The van der Waals surface area contributed by atoms with Crippen molar-refractivity contribution in [1.29, 1.82) is 0 Å². The first-order valence-corrected chi connectivity index (χ1v) is 9.88. The monoisotopic (exact) mass is 394 g/mol. The Labute approximate surface area is 170 Å². The molecule has 0 unspecified atom stereocenters. The van der Waals surface area contributed by atoms with Crippen LogP contribution in [0.4, 0.5) is 0 Å². The smallest absolute Gasteiger partial charge is 0.273 e. The number of carbonyl (C=O) groups excluding carboxylic acids is 1. The number of amides is 1. The van der Waals surface area contributed by atoms with Crippen molar-refractivity contribution < 1.29 is 13.7 Å². The second-order valence-electron chi connectivity index (χ2n) is 7.52. The fourth-order valence-corrected chi connectivity index (χ4v) is 3.54. The lowest BCUT2D eigenvalue weighted by Crippen LogP contribution is -2.48. The number of aromatic nitrogens is 1. The molecule has 1 amide bonds. The number of hydrogen-bond donors (Lipinski definition) is 1. The Balaban J connectivity index is 1.42. The topological polar surface area (TPSA) is 74.8 Å². The maximum absolute atomic E-state index is 12.7. The minimum atomic E-state index is -0.252. The lowest BCUT2D eigenvalue weighted by molar-refractivity contribution is 0.0845. The molecule has 2 aromatic heterocycles. The van der Waals surface area contributed by atoms with E-state index in [2.05, 4.69) is 27.3 Å². The van der Waals surface area contributed by atoms with Crippen LogP contribution in [0.2, 0.25) is 0 Å². The van der Waals surface area contributed by atoms with Crippen molar-refractivity contribution in [3.8, 4) is 11.3 Å². The van der Waals surface area contributed by atoms with Gasteiger partial charge in [-0.25, -0.2) is 0 Å². The Morgan fingerprint density at radius 3 is 2.62 bits per heavy atom. The van der Waals surface area contributed by atoms with Crippen LogP contribution in [0, 0.1) is 6.92 Å². The van der Waals surface area contributed by atoms with Crippen LogP contribution in [0.3, 0.4) is 0 Å². The van der Waals surface area contributed by atoms with Gasteiger partial charge in [0.25, 0.3) is 5.91 Å². The highest BCUT2D eigenvalue weighted by Gasteiger charge is 2.27. The van der Waals surface area contributed by atoms with Gasteiger partial charge in [0.1, 0.15) is 5.76 Å². The van der Waals surface area contributed by atoms with Gasteiger partial charge in [-0.15, -0.1) is 0 Å². The number of likely N-dealkylation sites (N-methyl/N-ethyl adjacent to an activating group) is 1. The van der Waals surface area contributed by atoms with Gasteiger partial charge in [0.05, 0.1) is 12.3 Å². The first-order chi connectivity index (χ1) is 14.1. The molecule has 152 valence electrons. The number of furan rings is 1. The van der Waals surface area contributed by atoms with E-state index in [0.717, 1.165) is 37.5 Å². The molecule has 1 aliphatic heterocycles. The lowest BCUT2D eigenvalue weighted by Gasteiger charge is -2.37. The third-order valence-electron chi connectivity index (χ3n) is 5.39. The zero-order valence-electron chi connectivity index (χ0n) is 16.8. The number of nitrogens with one attached hydrogen (secondary N) is 1. The molecular weight excluding hydrogens is 368 g/mol. The highest BCUT2D eigenvalue weighted by molar-refractivity contribution is 5.93. The maximum atomic E-state index is 12.7. The van der Waals surface area contributed by atoms with E-state index in [4.69, 9.17) is 8.94 Å². The van der Waals surface area contributed by atoms with Crippen molar-refractivity contribution >= 4 is 5.91 Å². The molecule has 0 bridgehead atoms. The van der Waals surface area contributed by atoms with Crippen molar-refractivity contribution in [2.45, 2.75) is 13.0 Å². The highest BCUT2D eigenvalue weighted by Crippen LogP contribution is 2.23. The predicted octanol–water partition coefficient (Wildman–Crippen LogP) is 2.96. The molecule has 1 N–H and O–H groups in total. The van der Waals surface area contributed by atoms with Gasteiger partial charge in [-0.05, 0) is 26.1 Å². The Morgan fingerprint density at radius 1 is 1.17 bits per heavy atom. The zero-order chi connectivity index (χ0) is 20.2. The van der Waals surface area contributed by atoms with Crippen molar-refractivity contribution in [3.63, 3.8) is 0 Å². The molecule has 4 rings (SSSR count). The van der Waals surface area contributed by atoms with E-state index in [1.54, 1.807) is 12.3 Å². The molecule has 3 heterocycles. The summed E-state index contributed by atoms with van der Waals surface area (Å²) < 4.78 is 11.0. The summed E-state index contributed by atoms with van der Waals surface area (Å²) in [6.07, 6.45) is 1.67. The van der Waals surface area contributed by atoms with Crippen molar-refractivity contribution in [2.75, 3.05) is 39.8 Å². The maximum Gasteiger partial charge on any atom is 0.273 e. The molecule has 1 atom stereocenters. The summed E-state index contributed by atoms with van der Waals surface area (Å²) in [4.78, 5) is 17.3. The SMILES string of the molecule is Cc1ccc(-c2cc(C(=O)NC[C@H](c3ccco3)N3CCN(C)CC3)no2)cc1. The number of hydrogen-bond acceptors (Lipinski definition) is 6. The Hall–Kier alpha value is -2.90. The van der Waals surface area contributed by atoms with Crippen LogP contribution in [0.15, 0.2) is 57.7 Å². The van der Waals surface area contributed by atoms with Crippen LogP contribution in [0.1, 0.15) is 27.9 Å². The summed E-state index contributed by atoms with van der Waals surface area (Å²) in [5.74, 6) is 1.19. The summed E-state index contributed by atoms with van der Waals surface area (Å²) in [5.41, 5.74) is 2.34. The summed E-state index contributed by atoms with van der Waals surface area (Å²) in [7, 11) is 2.12. The standard InChI is InChI=1S/C22H26N4O3/c1-16-5-7-17(8-6-16)21-14-18(24-29-21)22(27)23-15-19(20-4-3-13-28-20)26-11-9-25(2)10-12-26/h3-8,13-14,19H,9-12,15H2,1-2H3,(H,23,27)/t19-/m1/s1. The molecule has 1 saturated heterocycles. The number of carbonyl (C=O) groups is 1. The first-order valence-electron chi connectivity index (χ1n) is 9.88. The van der Waals surface area contributed by atoms with Crippen LogP contribution in [-0.4, -0.2) is 60.6 Å². The minimum Gasteiger partial charge on any atom is -0.468 e. The largest absolute Gasteiger partial charge is 0.468 e. The van der Waals surface area contributed by atoms with Crippen LogP contribution < -0.4 is 5.32 Å². The fourth-order valence-electron chi connectivity index (χ4n) is 3.54. The molecule has 29 heavy (non-hydrogen) atoms. The highest BCUT2D eigenvalue weighted by atomic mass is 16.5. The lowest BCUT2D eigenvalue weighted by atomic mass is 10.1. The summed E-state index contributed by atoms with van der Waals surface area (Å²) in [5, 5.41) is 6.94. The number of aryl methyl sites for hydroxylation is 1. The molecular formula is C22H26N4O3. The van der Waals surface area contributed by atoms with E-state index in [9.17, 15) is 4.79 Å². The third-order valence-corrected chi connectivity index (χ3v) is 5.39. The van der Waals surface area contributed by atoms with Gasteiger partial charge in [-0.3, -0.25) is 9.69 Å². The molecule has 1 aromatic carbocycles. The number of benzene rings is 1. The number of piperazine rings is 1. The Bertz CT molecular complexity index is 925. The molecule has 7 heteroatoms. The molecule has 0 radical (unpaired) electrons. The number of nitrogens with zero attached hydrogens (tertiary/aromatic N) is 3. The number of rotatable bonds is 6. The van der Waals surface area contributed by atoms with E-state index in [0.29, 0.717) is 12.3 Å². The normalized spacial score (nSPS) is 16.6. The molecule has 1 fully saturated rings. The summed E-state index contributed by atoms with van der Waals surface area (Å²) in [6.45, 7) is 6.32. The third kappa shape index (κ3) is 4.58. The van der Waals surface area contributed by atoms with E-state index >= 15 is 0 Å². The summed E-state index contributed by atoms with van der Waals surface area (Å²) >= 11 is 0. The van der Waals surface area contributed by atoms with Gasteiger partial charge in [0.2, 0.25) is 0 Å². The zero-order valence-corrected chi connectivity index (χ0v) is 16.8. The molecule has 7 nitrogen and oxygen atoms in total. The first kappa shape index (κ1) is 19.4. The van der Waals surface area contributed by atoms with Crippen LogP contribution in [-0.2, 0) is 0 Å². The minimum absolute atomic E-state index is 0.00822. The Kier molecular flexibility index (Phi) is 5.78. The Morgan fingerprint density at radius 2 is 1.93 bits per heavy atom. The fraction of sp³-hybridized carbons (Fsp3) is 0.364. The van der Waals surface area contributed by atoms with Gasteiger partial charge in [-0.1, -0.05) is 35.0 Å². The van der Waals surface area contributed by atoms with Crippen LogP contribution in [0.5, 0.6) is 0 Å². The quantitative estimate of drug-likeness (QED) is 0.693. The van der Waals surface area contributed by atoms with E-state index in [-0.39, 0.29) is 17.6 Å². The van der Waals surface area contributed by atoms with Gasteiger partial charge in [-0.2, -0.15) is 0 Å². The molecule has 0 aliphatic carbocycles. The van der Waals surface area contributed by atoms with Crippen molar-refractivity contribution in [2.24, 2.45) is 0 Å². The second kappa shape index (κ2) is 8.63. The van der Waals surface area contributed by atoms with Gasteiger partial charge < -0.3 is 19.2 Å². The second-order valence-corrected chi connectivity index (χ2v) is 7.52.